The third-order valence-electron chi connectivity index (χ3n) is 4.11. The smallest absolute Gasteiger partial charge is 0.307 e. The highest BCUT2D eigenvalue weighted by molar-refractivity contribution is 5.95. The number of carboxylic acid groups (broad SMARTS) is 1. The number of methoxy groups -OCH3 is 1. The van der Waals surface area contributed by atoms with Crippen LogP contribution in [-0.2, 0) is 9.59 Å². The summed E-state index contributed by atoms with van der Waals surface area (Å²) in [6.07, 6.45) is 1.19. The average Bonchev–Trinajstić information content (AvgIpc) is 2.81. The van der Waals surface area contributed by atoms with E-state index in [2.05, 4.69) is 5.32 Å². The summed E-state index contributed by atoms with van der Waals surface area (Å²) in [6.45, 7) is 3.88. The predicted octanol–water partition coefficient (Wildman–Crippen LogP) is 2.69. The maximum absolute atomic E-state index is 12.3. The minimum atomic E-state index is -0.884. The molecule has 1 aliphatic rings. The second-order valence-electron chi connectivity index (χ2n) is 5.80. The van der Waals surface area contributed by atoms with Crippen LogP contribution in [0.4, 0.5) is 5.69 Å². The first-order valence-electron chi connectivity index (χ1n) is 7.10. The fourth-order valence-electron chi connectivity index (χ4n) is 3.05. The molecule has 5 nitrogen and oxygen atoms in total. The number of carboxylic acids is 1. The van der Waals surface area contributed by atoms with Crippen LogP contribution in [0.25, 0.3) is 0 Å². The molecule has 1 aliphatic carbocycles. The van der Waals surface area contributed by atoms with E-state index < -0.39 is 17.8 Å². The topological polar surface area (TPSA) is 75.6 Å². The van der Waals surface area contributed by atoms with Gasteiger partial charge in [0.1, 0.15) is 5.75 Å². The second-order valence-corrected chi connectivity index (χ2v) is 5.80. The van der Waals surface area contributed by atoms with E-state index in [1.807, 2.05) is 19.9 Å². The summed E-state index contributed by atoms with van der Waals surface area (Å²) in [5.41, 5.74) is 1.59. The summed E-state index contributed by atoms with van der Waals surface area (Å²) in [4.78, 5) is 23.6. The van der Waals surface area contributed by atoms with Crippen molar-refractivity contribution in [2.75, 3.05) is 12.4 Å². The minimum absolute atomic E-state index is 0.212. The lowest BCUT2D eigenvalue weighted by Gasteiger charge is -2.16. The maximum atomic E-state index is 12.3. The maximum Gasteiger partial charge on any atom is 0.307 e. The lowest BCUT2D eigenvalue weighted by Crippen LogP contribution is -2.30. The number of amides is 1. The molecular formula is C16H21NO4. The van der Waals surface area contributed by atoms with Crippen molar-refractivity contribution in [1.82, 2.24) is 0 Å². The number of hydrogen-bond donors (Lipinski definition) is 2. The highest BCUT2D eigenvalue weighted by atomic mass is 16.5. The van der Waals surface area contributed by atoms with Crippen LogP contribution in [0.2, 0.25) is 0 Å². The van der Waals surface area contributed by atoms with Crippen molar-refractivity contribution in [1.29, 1.82) is 0 Å². The molecule has 3 unspecified atom stereocenters. The highest BCUT2D eigenvalue weighted by Gasteiger charge is 2.41. The first-order chi connectivity index (χ1) is 9.92. The quantitative estimate of drug-likeness (QED) is 0.894. The first-order valence-corrected chi connectivity index (χ1v) is 7.10. The highest BCUT2D eigenvalue weighted by Crippen LogP contribution is 2.37. The average molecular weight is 291 g/mol. The Morgan fingerprint density at radius 1 is 1.29 bits per heavy atom. The molecule has 0 spiro atoms. The lowest BCUT2D eigenvalue weighted by molar-refractivity contribution is -0.145. The third kappa shape index (κ3) is 3.35. The van der Waals surface area contributed by atoms with Gasteiger partial charge in [-0.2, -0.15) is 0 Å². The van der Waals surface area contributed by atoms with Crippen molar-refractivity contribution in [3.8, 4) is 5.75 Å². The van der Waals surface area contributed by atoms with Gasteiger partial charge in [0.15, 0.2) is 0 Å². The molecule has 1 fully saturated rings. The first kappa shape index (κ1) is 15.4. The molecule has 21 heavy (non-hydrogen) atoms. The molecule has 1 saturated carbocycles. The van der Waals surface area contributed by atoms with Crippen molar-refractivity contribution in [3.63, 3.8) is 0 Å². The Labute approximate surface area is 124 Å². The van der Waals surface area contributed by atoms with Crippen molar-refractivity contribution in [3.05, 3.63) is 23.8 Å². The van der Waals surface area contributed by atoms with Gasteiger partial charge >= 0.3 is 5.97 Å². The van der Waals surface area contributed by atoms with Crippen molar-refractivity contribution in [2.45, 2.75) is 26.7 Å². The Balaban J connectivity index is 2.10. The van der Waals surface area contributed by atoms with E-state index in [9.17, 15) is 14.7 Å². The van der Waals surface area contributed by atoms with Crippen molar-refractivity contribution in [2.24, 2.45) is 17.8 Å². The van der Waals surface area contributed by atoms with Crippen LogP contribution >= 0.6 is 0 Å². The van der Waals surface area contributed by atoms with Gasteiger partial charge in [-0.05, 0) is 49.4 Å². The zero-order valence-electron chi connectivity index (χ0n) is 12.6. The van der Waals surface area contributed by atoms with Crippen LogP contribution in [0.1, 0.15) is 25.3 Å². The Morgan fingerprint density at radius 3 is 2.52 bits per heavy atom. The number of benzene rings is 1. The summed E-state index contributed by atoms with van der Waals surface area (Å²) in [5.74, 6) is -1.12. The standard InChI is InChI=1S/C16H21NO4/c1-9-6-12(13(7-9)16(19)20)15(18)17-11-4-5-14(21-3)10(2)8-11/h4-5,8-9,12-13H,6-7H2,1-3H3,(H,17,18)(H,19,20). The molecule has 0 radical (unpaired) electrons. The molecule has 0 saturated heterocycles. The number of nitrogens with one attached hydrogen (secondary N) is 1. The Kier molecular flexibility index (Phi) is 4.50. The fraction of sp³-hybridized carbons (Fsp3) is 0.500. The number of anilines is 1. The fourth-order valence-corrected chi connectivity index (χ4v) is 3.05. The molecule has 2 N–H and O–H groups in total. The minimum Gasteiger partial charge on any atom is -0.496 e. The summed E-state index contributed by atoms with van der Waals surface area (Å²) >= 11 is 0. The van der Waals surface area contributed by atoms with Crippen molar-refractivity contribution < 1.29 is 19.4 Å². The van der Waals surface area contributed by atoms with Crippen LogP contribution in [0.3, 0.4) is 0 Å². The van der Waals surface area contributed by atoms with E-state index in [0.29, 0.717) is 18.5 Å². The zero-order chi connectivity index (χ0) is 15.6. The normalized spacial score (nSPS) is 24.6. The third-order valence-corrected chi connectivity index (χ3v) is 4.11. The van der Waals surface area contributed by atoms with E-state index in [-0.39, 0.29) is 11.8 Å². The summed E-state index contributed by atoms with van der Waals surface area (Å²) < 4.78 is 5.18. The molecule has 1 aromatic carbocycles. The molecular weight excluding hydrogens is 270 g/mol. The Hall–Kier alpha value is -2.04. The monoisotopic (exact) mass is 291 g/mol. The SMILES string of the molecule is COc1ccc(NC(=O)C2CC(C)CC2C(=O)O)cc1C. The molecule has 114 valence electrons. The van der Waals surface area contributed by atoms with Crippen LogP contribution in [-0.4, -0.2) is 24.1 Å². The number of rotatable bonds is 4. The van der Waals surface area contributed by atoms with E-state index in [1.54, 1.807) is 19.2 Å². The van der Waals surface area contributed by atoms with Crippen LogP contribution in [0, 0.1) is 24.7 Å². The number of carbonyl (C=O) groups excluding carboxylic acids is 1. The van der Waals surface area contributed by atoms with Gasteiger partial charge < -0.3 is 15.2 Å². The lowest BCUT2D eigenvalue weighted by atomic mass is 9.95. The van der Waals surface area contributed by atoms with E-state index in [1.165, 1.54) is 0 Å². The van der Waals surface area contributed by atoms with Gasteiger partial charge in [0.05, 0.1) is 18.9 Å². The van der Waals surface area contributed by atoms with Gasteiger partial charge in [-0.3, -0.25) is 9.59 Å². The molecule has 0 aliphatic heterocycles. The van der Waals surface area contributed by atoms with Gasteiger partial charge in [0.2, 0.25) is 5.91 Å². The number of ether oxygens (including phenoxy) is 1. The summed E-state index contributed by atoms with van der Waals surface area (Å²) in [7, 11) is 1.60. The number of aliphatic carboxylic acids is 1. The molecule has 0 bridgehead atoms. The molecule has 0 aromatic heterocycles. The molecule has 5 heteroatoms. The van der Waals surface area contributed by atoms with Gasteiger partial charge in [0, 0.05) is 5.69 Å². The van der Waals surface area contributed by atoms with Crippen LogP contribution in [0.15, 0.2) is 18.2 Å². The molecule has 0 heterocycles. The second kappa shape index (κ2) is 6.16. The zero-order valence-corrected chi connectivity index (χ0v) is 12.6. The number of carbonyl (C=O) groups is 2. The van der Waals surface area contributed by atoms with Gasteiger partial charge in [-0.1, -0.05) is 6.92 Å². The Morgan fingerprint density at radius 2 is 1.95 bits per heavy atom. The molecule has 1 aromatic rings. The van der Waals surface area contributed by atoms with E-state index in [4.69, 9.17) is 4.74 Å². The summed E-state index contributed by atoms with van der Waals surface area (Å²) in [5, 5.41) is 12.1. The van der Waals surface area contributed by atoms with Gasteiger partial charge in [-0.15, -0.1) is 0 Å². The molecule has 1 amide bonds. The van der Waals surface area contributed by atoms with Crippen molar-refractivity contribution >= 4 is 17.6 Å². The van der Waals surface area contributed by atoms with Gasteiger partial charge in [-0.25, -0.2) is 0 Å². The molecule has 3 atom stereocenters. The van der Waals surface area contributed by atoms with Crippen LogP contribution in [0.5, 0.6) is 5.75 Å². The Bertz CT molecular complexity index is 555. The largest absolute Gasteiger partial charge is 0.496 e. The number of hydrogen-bond acceptors (Lipinski definition) is 3. The number of aryl methyl sites for hydroxylation is 1. The molecule has 2 rings (SSSR count). The summed E-state index contributed by atoms with van der Waals surface area (Å²) in [6, 6.07) is 5.37. The van der Waals surface area contributed by atoms with E-state index in [0.717, 1.165) is 11.3 Å². The van der Waals surface area contributed by atoms with E-state index >= 15 is 0 Å². The predicted molar refractivity (Wildman–Crippen MR) is 79.4 cm³/mol. The van der Waals surface area contributed by atoms with Gasteiger partial charge in [0.25, 0.3) is 0 Å². The van der Waals surface area contributed by atoms with Crippen LogP contribution < -0.4 is 10.1 Å².